The van der Waals surface area contributed by atoms with Gasteiger partial charge in [0.05, 0.1) is 13.0 Å². The number of hydrogen-bond acceptors (Lipinski definition) is 6. The summed E-state index contributed by atoms with van der Waals surface area (Å²) in [6.07, 6.45) is 3.04. The Morgan fingerprint density at radius 2 is 1.74 bits per heavy atom. The number of amides is 2. The van der Waals surface area contributed by atoms with E-state index in [0.717, 1.165) is 22.1 Å². The van der Waals surface area contributed by atoms with Gasteiger partial charge in [0.2, 0.25) is 11.8 Å². The average Bonchev–Trinajstić information content (AvgIpc) is 2.62. The van der Waals surface area contributed by atoms with Gasteiger partial charge in [0.1, 0.15) is 5.75 Å². The Bertz CT molecular complexity index is 786. The van der Waals surface area contributed by atoms with E-state index < -0.39 is 5.91 Å². The second-order valence-corrected chi connectivity index (χ2v) is 6.77. The molecule has 0 unspecified atom stereocenters. The maximum absolute atomic E-state index is 12.2. The summed E-state index contributed by atoms with van der Waals surface area (Å²) in [5, 5.41) is 3.61. The van der Waals surface area contributed by atoms with Crippen molar-refractivity contribution in [2.24, 2.45) is 5.73 Å². The lowest BCUT2D eigenvalue weighted by Crippen LogP contribution is -2.15. The molecule has 1 aromatic carbocycles. The molecule has 2 amide bonds. The van der Waals surface area contributed by atoms with Crippen LogP contribution in [0.25, 0.3) is 0 Å². The number of nitrogens with zero attached hydrogens (tertiary/aromatic N) is 2. The Morgan fingerprint density at radius 3 is 2.30 bits per heavy atom. The first-order chi connectivity index (χ1) is 12.9. The summed E-state index contributed by atoms with van der Waals surface area (Å²) in [4.78, 5) is 31.8. The van der Waals surface area contributed by atoms with Gasteiger partial charge in [-0.25, -0.2) is 9.97 Å². The van der Waals surface area contributed by atoms with Crippen LogP contribution < -0.4 is 15.8 Å². The standard InChI is InChI=1S/C19H24N4O3S/c1-12-16(13(2)22-19(21-12)27-3)8-9-18(25)23-14-4-6-15(7-5-14)26-11-10-17(20)24/h4-7H,8-11H2,1-3H3,(H2,20,24)(H,23,25). The van der Waals surface area contributed by atoms with Crippen molar-refractivity contribution in [3.63, 3.8) is 0 Å². The number of carbonyl (C=O) groups excluding carboxylic acids is 2. The largest absolute Gasteiger partial charge is 0.493 e. The Labute approximate surface area is 163 Å². The summed E-state index contributed by atoms with van der Waals surface area (Å²) in [6.45, 7) is 4.12. The topological polar surface area (TPSA) is 107 Å². The fourth-order valence-corrected chi connectivity index (χ4v) is 2.98. The highest BCUT2D eigenvalue weighted by atomic mass is 32.2. The number of benzene rings is 1. The van der Waals surface area contributed by atoms with Gasteiger partial charge in [-0.15, -0.1) is 0 Å². The molecule has 0 atom stereocenters. The molecule has 1 aromatic heterocycles. The van der Waals surface area contributed by atoms with E-state index in [1.807, 2.05) is 20.1 Å². The lowest BCUT2D eigenvalue weighted by atomic mass is 10.1. The summed E-state index contributed by atoms with van der Waals surface area (Å²) in [6, 6.07) is 6.98. The highest BCUT2D eigenvalue weighted by Crippen LogP contribution is 2.19. The molecule has 0 bridgehead atoms. The molecule has 2 aromatic rings. The van der Waals surface area contributed by atoms with Crippen molar-refractivity contribution in [2.45, 2.75) is 38.3 Å². The number of nitrogens with one attached hydrogen (secondary N) is 1. The lowest BCUT2D eigenvalue weighted by molar-refractivity contribution is -0.118. The maximum atomic E-state index is 12.2. The monoisotopic (exact) mass is 388 g/mol. The number of hydrogen-bond donors (Lipinski definition) is 2. The first kappa shape index (κ1) is 20.7. The summed E-state index contributed by atoms with van der Waals surface area (Å²) >= 11 is 1.50. The molecule has 0 aliphatic carbocycles. The van der Waals surface area contributed by atoms with Gasteiger partial charge in [-0.1, -0.05) is 11.8 Å². The molecular weight excluding hydrogens is 364 g/mol. The zero-order valence-corrected chi connectivity index (χ0v) is 16.6. The van der Waals surface area contributed by atoms with Crippen molar-refractivity contribution < 1.29 is 14.3 Å². The molecule has 0 aliphatic heterocycles. The molecule has 0 saturated carbocycles. The van der Waals surface area contributed by atoms with Crippen LogP contribution >= 0.6 is 11.8 Å². The first-order valence-corrected chi connectivity index (χ1v) is 9.80. The zero-order chi connectivity index (χ0) is 19.8. The quantitative estimate of drug-likeness (QED) is 0.505. The van der Waals surface area contributed by atoms with E-state index >= 15 is 0 Å². The summed E-state index contributed by atoms with van der Waals surface area (Å²) < 4.78 is 5.40. The Kier molecular flexibility index (Phi) is 7.60. The maximum Gasteiger partial charge on any atom is 0.224 e. The number of nitrogens with two attached hydrogens (primary N) is 1. The van der Waals surface area contributed by atoms with Crippen LogP contribution in [0, 0.1) is 13.8 Å². The van der Waals surface area contributed by atoms with Crippen molar-refractivity contribution in [1.82, 2.24) is 9.97 Å². The molecule has 0 fully saturated rings. The predicted octanol–water partition coefficient (Wildman–Crippen LogP) is 2.64. The molecule has 0 saturated heterocycles. The van der Waals surface area contributed by atoms with Gasteiger partial charge in [0, 0.05) is 23.5 Å². The summed E-state index contributed by atoms with van der Waals surface area (Å²) in [5.41, 5.74) is 8.59. The number of ether oxygens (including phenoxy) is 1. The Balaban J connectivity index is 1.86. The molecule has 8 heteroatoms. The van der Waals surface area contributed by atoms with Crippen LogP contribution in [-0.4, -0.2) is 34.6 Å². The van der Waals surface area contributed by atoms with E-state index in [4.69, 9.17) is 10.5 Å². The Morgan fingerprint density at radius 1 is 1.11 bits per heavy atom. The SMILES string of the molecule is CSc1nc(C)c(CCC(=O)Nc2ccc(OCCC(N)=O)cc2)c(C)n1. The number of rotatable bonds is 9. The van der Waals surface area contributed by atoms with Gasteiger partial charge < -0.3 is 15.8 Å². The van der Waals surface area contributed by atoms with Gasteiger partial charge in [-0.2, -0.15) is 0 Å². The van der Waals surface area contributed by atoms with E-state index in [2.05, 4.69) is 15.3 Å². The number of thioether (sulfide) groups is 1. The van der Waals surface area contributed by atoms with E-state index in [1.165, 1.54) is 11.8 Å². The van der Waals surface area contributed by atoms with Crippen LogP contribution in [0.4, 0.5) is 5.69 Å². The third kappa shape index (κ3) is 6.56. The molecule has 2 rings (SSSR count). The van der Waals surface area contributed by atoms with Gasteiger partial charge in [-0.3, -0.25) is 9.59 Å². The van der Waals surface area contributed by atoms with Gasteiger partial charge in [0.15, 0.2) is 5.16 Å². The second kappa shape index (κ2) is 9.91. The van der Waals surface area contributed by atoms with Gasteiger partial charge >= 0.3 is 0 Å². The summed E-state index contributed by atoms with van der Waals surface area (Å²) in [5.74, 6) is 0.134. The van der Waals surface area contributed by atoms with Crippen molar-refractivity contribution >= 4 is 29.3 Å². The number of aromatic nitrogens is 2. The number of aryl methyl sites for hydroxylation is 2. The molecule has 0 spiro atoms. The molecule has 7 nitrogen and oxygen atoms in total. The number of anilines is 1. The third-order valence-corrected chi connectivity index (χ3v) is 4.49. The van der Waals surface area contributed by atoms with Gasteiger partial charge in [-0.05, 0) is 56.4 Å². The molecule has 144 valence electrons. The minimum atomic E-state index is -0.405. The van der Waals surface area contributed by atoms with Crippen LogP contribution in [-0.2, 0) is 16.0 Å². The smallest absolute Gasteiger partial charge is 0.224 e. The van der Waals surface area contributed by atoms with Crippen molar-refractivity contribution in [3.05, 3.63) is 41.2 Å². The minimum absolute atomic E-state index is 0.0786. The first-order valence-electron chi connectivity index (χ1n) is 8.58. The third-order valence-electron chi connectivity index (χ3n) is 3.94. The van der Waals surface area contributed by atoms with Crippen molar-refractivity contribution in [3.8, 4) is 5.75 Å². The zero-order valence-electron chi connectivity index (χ0n) is 15.7. The van der Waals surface area contributed by atoms with Crippen LogP contribution in [0.3, 0.4) is 0 Å². The van der Waals surface area contributed by atoms with E-state index in [-0.39, 0.29) is 18.9 Å². The predicted molar refractivity (Wildman–Crippen MR) is 106 cm³/mol. The molecule has 27 heavy (non-hydrogen) atoms. The number of carbonyl (C=O) groups is 2. The molecular formula is C19H24N4O3S. The Hall–Kier alpha value is -2.61. The van der Waals surface area contributed by atoms with Crippen LogP contribution in [0.2, 0.25) is 0 Å². The van der Waals surface area contributed by atoms with Crippen molar-refractivity contribution in [1.29, 1.82) is 0 Å². The highest BCUT2D eigenvalue weighted by Gasteiger charge is 2.11. The molecule has 0 radical (unpaired) electrons. The second-order valence-electron chi connectivity index (χ2n) is 6.00. The van der Waals surface area contributed by atoms with E-state index in [1.54, 1.807) is 24.3 Å². The minimum Gasteiger partial charge on any atom is -0.493 e. The molecule has 1 heterocycles. The summed E-state index contributed by atoms with van der Waals surface area (Å²) in [7, 11) is 0. The van der Waals surface area contributed by atoms with E-state index in [0.29, 0.717) is 24.3 Å². The van der Waals surface area contributed by atoms with Gasteiger partial charge in [0.25, 0.3) is 0 Å². The number of primary amides is 1. The average molecular weight is 388 g/mol. The highest BCUT2D eigenvalue weighted by molar-refractivity contribution is 7.98. The fraction of sp³-hybridized carbons (Fsp3) is 0.368. The van der Waals surface area contributed by atoms with Crippen molar-refractivity contribution in [2.75, 3.05) is 18.2 Å². The molecule has 0 aliphatic rings. The fourth-order valence-electron chi connectivity index (χ4n) is 2.53. The lowest BCUT2D eigenvalue weighted by Gasteiger charge is -2.11. The van der Waals surface area contributed by atoms with Crippen LogP contribution in [0.1, 0.15) is 29.8 Å². The molecule has 3 N–H and O–H groups in total. The van der Waals surface area contributed by atoms with E-state index in [9.17, 15) is 9.59 Å². The normalized spacial score (nSPS) is 10.5. The van der Waals surface area contributed by atoms with Crippen LogP contribution in [0.15, 0.2) is 29.4 Å². The van der Waals surface area contributed by atoms with Crippen LogP contribution in [0.5, 0.6) is 5.75 Å².